The van der Waals surface area contributed by atoms with Gasteiger partial charge in [-0.2, -0.15) is 0 Å². The van der Waals surface area contributed by atoms with E-state index < -0.39 is 73.4 Å². The molecule has 4 nitrogen and oxygen atoms in total. The molecule has 0 amide bonds. The van der Waals surface area contributed by atoms with E-state index in [-0.39, 0.29) is 12.3 Å². The van der Waals surface area contributed by atoms with E-state index in [9.17, 15) is 4.79 Å². The monoisotopic (exact) mass is 391 g/mol. The SMILES string of the molecule is [2H]c1c(OC([2H])([2H])[2H])c(OC([2H])([2H])[2H])c([2H])c2c1C(=O)C(CC1CCN(C([2H])([2H])c3ccccc3)CC1)C2([2H])[2H]. The fourth-order valence-corrected chi connectivity index (χ4v) is 3.79. The molecule has 0 bridgehead atoms. The third kappa shape index (κ3) is 3.93. The zero-order chi connectivity index (χ0) is 29.8. The number of ketones is 1. The zero-order valence-electron chi connectivity index (χ0n) is 27.2. The van der Waals surface area contributed by atoms with E-state index in [1.165, 1.54) is 0 Å². The molecule has 2 aromatic carbocycles. The molecule has 1 saturated heterocycles. The van der Waals surface area contributed by atoms with Gasteiger partial charge in [0, 0.05) is 23.5 Å². The summed E-state index contributed by atoms with van der Waals surface area (Å²) < 4.78 is 106. The summed E-state index contributed by atoms with van der Waals surface area (Å²) in [4.78, 5) is 15.2. The number of Topliss-reactive ketones (excluding diaryl/α,β-unsaturated/α-hetero) is 1. The number of fused-ring (bicyclic) bond motifs is 1. The smallest absolute Gasteiger partial charge is 0.166 e. The van der Waals surface area contributed by atoms with Crippen LogP contribution in [0.25, 0.3) is 0 Å². The van der Waals surface area contributed by atoms with Gasteiger partial charge in [0.15, 0.2) is 17.3 Å². The Kier molecular flexibility index (Phi) is 2.82. The van der Waals surface area contributed by atoms with Gasteiger partial charge < -0.3 is 9.47 Å². The van der Waals surface area contributed by atoms with Gasteiger partial charge in [-0.1, -0.05) is 30.3 Å². The molecule has 1 unspecified atom stereocenters. The molecular weight excluding hydrogens is 350 g/mol. The predicted octanol–water partition coefficient (Wildman–Crippen LogP) is 4.36. The molecule has 0 saturated carbocycles. The summed E-state index contributed by atoms with van der Waals surface area (Å²) in [5, 5.41) is 0. The summed E-state index contributed by atoms with van der Waals surface area (Å²) in [7, 11) is -6.33. The van der Waals surface area contributed by atoms with Crippen LogP contribution in [-0.2, 0) is 12.9 Å². The van der Waals surface area contributed by atoms with Crippen LogP contribution in [0.3, 0.4) is 0 Å². The van der Waals surface area contributed by atoms with Crippen LogP contribution in [-0.4, -0.2) is 37.8 Å². The van der Waals surface area contributed by atoms with Crippen molar-refractivity contribution in [3.05, 3.63) is 59.1 Å². The standard InChI is InChI=1S/C24H29NO3/c1-27-22-14-19-13-20(24(26)21(19)15-23(22)28-2)12-17-8-10-25(11-9-17)16-18-6-4-3-5-7-18/h3-7,14-15,17,20H,8-13,16H2,1-2H3/i1D3,2D3,13D2,14D,15D,16D2. The molecule has 0 N–H and O–H groups in total. The van der Waals surface area contributed by atoms with E-state index in [2.05, 4.69) is 0 Å². The molecule has 0 radical (unpaired) electrons. The minimum atomic E-state index is -3.17. The van der Waals surface area contributed by atoms with E-state index in [4.69, 9.17) is 25.9 Å². The third-order valence-corrected chi connectivity index (χ3v) is 5.26. The molecule has 1 aliphatic carbocycles. The van der Waals surface area contributed by atoms with Gasteiger partial charge >= 0.3 is 0 Å². The number of rotatable bonds is 6. The van der Waals surface area contributed by atoms with Gasteiger partial charge in [-0.3, -0.25) is 9.69 Å². The number of carbonyl (C=O) groups is 1. The van der Waals surface area contributed by atoms with Crippen LogP contribution in [0.4, 0.5) is 0 Å². The van der Waals surface area contributed by atoms with Gasteiger partial charge in [0.05, 0.1) is 25.0 Å². The highest BCUT2D eigenvalue weighted by Gasteiger charge is 2.34. The lowest BCUT2D eigenvalue weighted by molar-refractivity contribution is 0.0895. The number of hydrogen-bond acceptors (Lipinski definition) is 4. The zero-order valence-corrected chi connectivity index (χ0v) is 15.2. The molecule has 0 spiro atoms. The van der Waals surface area contributed by atoms with Gasteiger partial charge in [-0.25, -0.2) is 0 Å². The Balaban J connectivity index is 1.62. The molecule has 1 fully saturated rings. The first-order chi connectivity index (χ1) is 18.3. The summed E-state index contributed by atoms with van der Waals surface area (Å²) in [5.41, 5.74) is -0.528. The number of piperidine rings is 1. The number of carbonyl (C=O) groups excluding carboxylic acids is 1. The number of hydrogen-bond donors (Lipinski definition) is 0. The van der Waals surface area contributed by atoms with E-state index in [1.807, 2.05) is 0 Å². The van der Waals surface area contributed by atoms with E-state index in [0.717, 1.165) is 0 Å². The number of likely N-dealkylation sites (tertiary alicyclic amines) is 1. The average molecular weight is 392 g/mol. The van der Waals surface area contributed by atoms with Gasteiger partial charge in [0.2, 0.25) is 0 Å². The number of benzene rings is 2. The number of nitrogens with zero attached hydrogens (tertiary/aromatic N) is 1. The molecule has 1 heterocycles. The molecule has 4 rings (SSSR count). The van der Waals surface area contributed by atoms with Crippen molar-refractivity contribution >= 4 is 5.78 Å². The van der Waals surface area contributed by atoms with Gasteiger partial charge in [0.25, 0.3) is 0 Å². The second-order valence-electron chi connectivity index (χ2n) is 7.07. The van der Waals surface area contributed by atoms with Crippen LogP contribution in [0.2, 0.25) is 0 Å². The summed E-state index contributed by atoms with van der Waals surface area (Å²) in [5.74, 6) is -4.14. The maximum atomic E-state index is 13.5. The fraction of sp³-hybridized carbons (Fsp3) is 0.458. The third-order valence-electron chi connectivity index (χ3n) is 5.26. The van der Waals surface area contributed by atoms with Crippen molar-refractivity contribution in [3.8, 4) is 11.5 Å². The Labute approximate surface area is 184 Å². The number of ether oxygens (including phenoxy) is 2. The van der Waals surface area contributed by atoms with Crippen molar-refractivity contribution in [1.82, 2.24) is 4.90 Å². The summed E-state index contributed by atoms with van der Waals surface area (Å²) in [6.45, 7) is -0.979. The Morgan fingerprint density at radius 1 is 1.18 bits per heavy atom. The van der Waals surface area contributed by atoms with E-state index in [1.54, 1.807) is 35.2 Å². The Morgan fingerprint density at radius 2 is 1.89 bits per heavy atom. The minimum Gasteiger partial charge on any atom is -0.493 e. The second-order valence-corrected chi connectivity index (χ2v) is 7.07. The molecule has 1 aliphatic heterocycles. The topological polar surface area (TPSA) is 38.8 Å². The van der Waals surface area contributed by atoms with Crippen LogP contribution < -0.4 is 9.47 Å². The molecule has 0 aromatic heterocycles. The van der Waals surface area contributed by atoms with Crippen molar-refractivity contribution in [2.45, 2.75) is 32.1 Å². The second kappa shape index (κ2) is 8.36. The fourth-order valence-electron chi connectivity index (χ4n) is 3.79. The first-order valence-electron chi connectivity index (χ1n) is 15.2. The molecule has 4 heteroatoms. The maximum Gasteiger partial charge on any atom is 0.166 e. The van der Waals surface area contributed by atoms with Crippen LogP contribution in [0, 0.1) is 11.8 Å². The largest absolute Gasteiger partial charge is 0.493 e. The maximum absolute atomic E-state index is 13.5. The van der Waals surface area contributed by atoms with Crippen LogP contribution >= 0.6 is 0 Å². The normalized spacial score (nSPS) is 29.7. The summed E-state index contributed by atoms with van der Waals surface area (Å²) in [6.07, 6.45) is -1.47. The molecule has 2 aromatic rings. The van der Waals surface area contributed by atoms with Crippen molar-refractivity contribution in [1.29, 1.82) is 0 Å². The van der Waals surface area contributed by atoms with E-state index in [0.29, 0.717) is 31.5 Å². The highest BCUT2D eigenvalue weighted by Crippen LogP contribution is 2.39. The lowest BCUT2D eigenvalue weighted by atomic mass is 9.85. The Bertz CT molecular complexity index is 1270. The first kappa shape index (κ1) is 9.45. The summed E-state index contributed by atoms with van der Waals surface area (Å²) >= 11 is 0. The van der Waals surface area contributed by atoms with E-state index >= 15 is 0 Å². The number of methoxy groups -OCH3 is 2. The molecule has 28 heavy (non-hydrogen) atoms. The van der Waals surface area contributed by atoms with Crippen LogP contribution in [0.15, 0.2) is 42.4 Å². The average Bonchev–Trinajstić information content (AvgIpc) is 3.04. The van der Waals surface area contributed by atoms with Crippen LogP contribution in [0.5, 0.6) is 11.5 Å². The van der Waals surface area contributed by atoms with Gasteiger partial charge in [0.1, 0.15) is 0 Å². The van der Waals surface area contributed by atoms with Crippen LogP contribution in [0.1, 0.15) is 57.2 Å². The first-order valence-corrected chi connectivity index (χ1v) is 9.25. The van der Waals surface area contributed by atoms with Crippen molar-refractivity contribution in [2.24, 2.45) is 11.8 Å². The minimum absolute atomic E-state index is 0.0481. The molecule has 1 atom stereocenters. The molecule has 148 valence electrons. The van der Waals surface area contributed by atoms with Crippen molar-refractivity contribution in [2.75, 3.05) is 27.2 Å². The lowest BCUT2D eigenvalue weighted by Crippen LogP contribution is -2.34. The predicted molar refractivity (Wildman–Crippen MR) is 110 cm³/mol. The highest BCUT2D eigenvalue weighted by atomic mass is 16.5. The quantitative estimate of drug-likeness (QED) is 0.733. The lowest BCUT2D eigenvalue weighted by Gasteiger charge is -2.32. The summed E-state index contributed by atoms with van der Waals surface area (Å²) in [6, 6.07) is 7.04. The Morgan fingerprint density at radius 3 is 2.61 bits per heavy atom. The van der Waals surface area contributed by atoms with Gasteiger partial charge in [-0.05, 0) is 67.9 Å². The van der Waals surface area contributed by atoms with Gasteiger partial charge in [-0.15, -0.1) is 0 Å². The van der Waals surface area contributed by atoms with Crippen molar-refractivity contribution < 1.29 is 30.7 Å². The Hall–Kier alpha value is -2.33. The molecular formula is C24H29NO3. The molecule has 2 aliphatic rings. The van der Waals surface area contributed by atoms with Crippen molar-refractivity contribution in [3.63, 3.8) is 0 Å². The highest BCUT2D eigenvalue weighted by molar-refractivity contribution is 6.02.